The lowest BCUT2D eigenvalue weighted by molar-refractivity contribution is 0.140. The third-order valence-electron chi connectivity index (χ3n) is 5.80. The van der Waals surface area contributed by atoms with Gasteiger partial charge in [0.2, 0.25) is 0 Å². The fourth-order valence-electron chi connectivity index (χ4n) is 3.49. The molecule has 0 radical (unpaired) electrons. The molecule has 110 valence electrons. The molecular formula is C20H30. The Morgan fingerprint density at radius 2 is 1.10 bits per heavy atom. The van der Waals surface area contributed by atoms with Crippen LogP contribution in [0.15, 0.2) is 0 Å². The van der Waals surface area contributed by atoms with Gasteiger partial charge in [-0.05, 0) is 51.4 Å². The van der Waals surface area contributed by atoms with Gasteiger partial charge in [-0.3, -0.25) is 0 Å². The van der Waals surface area contributed by atoms with E-state index in [1.807, 2.05) is 0 Å². The smallest absolute Gasteiger partial charge is 0.0449 e. The molecule has 0 aromatic carbocycles. The predicted molar refractivity (Wildman–Crippen MR) is 86.9 cm³/mol. The van der Waals surface area contributed by atoms with Gasteiger partial charge in [0, 0.05) is 22.7 Å². The van der Waals surface area contributed by atoms with E-state index in [-0.39, 0.29) is 10.8 Å². The fourth-order valence-corrected chi connectivity index (χ4v) is 3.49. The SMILES string of the molecule is CC(C)C1C#CC(C)(C2(C)C#CC(C(C)C)CC2)CC1. The predicted octanol–water partition coefficient (Wildman–Crippen LogP) is 5.14. The highest BCUT2D eigenvalue weighted by molar-refractivity contribution is 5.30. The Balaban J connectivity index is 2.22. The highest BCUT2D eigenvalue weighted by Gasteiger charge is 2.45. The molecule has 0 bridgehead atoms. The van der Waals surface area contributed by atoms with Crippen LogP contribution in [0, 0.1) is 58.2 Å². The highest BCUT2D eigenvalue weighted by atomic mass is 14.5. The molecular weight excluding hydrogens is 240 g/mol. The summed E-state index contributed by atoms with van der Waals surface area (Å²) in [7, 11) is 0. The molecule has 2 rings (SSSR count). The maximum Gasteiger partial charge on any atom is 0.0449 e. The Kier molecular flexibility index (Phi) is 4.25. The molecule has 4 unspecified atom stereocenters. The van der Waals surface area contributed by atoms with Crippen molar-refractivity contribution in [1.29, 1.82) is 0 Å². The van der Waals surface area contributed by atoms with E-state index >= 15 is 0 Å². The van der Waals surface area contributed by atoms with Crippen LogP contribution in [-0.4, -0.2) is 0 Å². The van der Waals surface area contributed by atoms with E-state index in [1.54, 1.807) is 0 Å². The van der Waals surface area contributed by atoms with Crippen molar-refractivity contribution in [2.75, 3.05) is 0 Å². The van der Waals surface area contributed by atoms with E-state index in [0.29, 0.717) is 23.7 Å². The van der Waals surface area contributed by atoms with Gasteiger partial charge in [-0.2, -0.15) is 0 Å². The fraction of sp³-hybridized carbons (Fsp3) is 0.800. The molecule has 0 amide bonds. The second kappa shape index (κ2) is 5.48. The van der Waals surface area contributed by atoms with Crippen LogP contribution in [0.2, 0.25) is 0 Å². The summed E-state index contributed by atoms with van der Waals surface area (Å²) < 4.78 is 0. The quantitative estimate of drug-likeness (QED) is 0.623. The molecule has 0 N–H and O–H groups in total. The summed E-state index contributed by atoms with van der Waals surface area (Å²) in [4.78, 5) is 0. The van der Waals surface area contributed by atoms with Crippen molar-refractivity contribution >= 4 is 0 Å². The number of rotatable bonds is 3. The van der Waals surface area contributed by atoms with Crippen LogP contribution < -0.4 is 0 Å². The van der Waals surface area contributed by atoms with Crippen molar-refractivity contribution in [2.45, 2.75) is 67.2 Å². The van der Waals surface area contributed by atoms with E-state index in [2.05, 4.69) is 65.2 Å². The summed E-state index contributed by atoms with van der Waals surface area (Å²) in [6.07, 6.45) is 4.90. The summed E-state index contributed by atoms with van der Waals surface area (Å²) in [6, 6.07) is 0. The van der Waals surface area contributed by atoms with E-state index < -0.39 is 0 Å². The first kappa shape index (κ1) is 15.5. The molecule has 4 atom stereocenters. The normalized spacial score (nSPS) is 40.0. The molecule has 0 aromatic rings. The molecule has 0 fully saturated rings. The van der Waals surface area contributed by atoms with Gasteiger partial charge in [0.1, 0.15) is 0 Å². The van der Waals surface area contributed by atoms with Gasteiger partial charge >= 0.3 is 0 Å². The lowest BCUT2D eigenvalue weighted by Gasteiger charge is -2.44. The minimum absolute atomic E-state index is 0.0906. The number of hydrogen-bond donors (Lipinski definition) is 0. The Morgan fingerprint density at radius 3 is 1.30 bits per heavy atom. The van der Waals surface area contributed by atoms with Crippen LogP contribution in [-0.2, 0) is 0 Å². The van der Waals surface area contributed by atoms with Gasteiger partial charge < -0.3 is 0 Å². The van der Waals surface area contributed by atoms with Crippen LogP contribution in [0.1, 0.15) is 67.2 Å². The summed E-state index contributed by atoms with van der Waals surface area (Å²) in [6.45, 7) is 13.9. The standard InChI is InChI=1S/C20H30/c1-15(2)17-7-11-19(5,12-8-17)20(6)13-9-18(10-14-20)16(3)4/h15-18H,7,9,11,13H2,1-6H3. The van der Waals surface area contributed by atoms with Crippen molar-refractivity contribution in [3.8, 4) is 23.7 Å². The van der Waals surface area contributed by atoms with Gasteiger partial charge in [-0.15, -0.1) is 0 Å². The summed E-state index contributed by atoms with van der Waals surface area (Å²) in [5, 5.41) is 0. The first-order chi connectivity index (χ1) is 9.27. The van der Waals surface area contributed by atoms with Crippen LogP contribution in [0.5, 0.6) is 0 Å². The zero-order valence-corrected chi connectivity index (χ0v) is 14.1. The molecule has 0 saturated heterocycles. The van der Waals surface area contributed by atoms with E-state index in [4.69, 9.17) is 0 Å². The molecule has 0 nitrogen and oxygen atoms in total. The third kappa shape index (κ3) is 2.76. The van der Waals surface area contributed by atoms with E-state index in [0.717, 1.165) is 0 Å². The van der Waals surface area contributed by atoms with Crippen LogP contribution in [0.3, 0.4) is 0 Å². The summed E-state index contributed by atoms with van der Waals surface area (Å²) in [5.74, 6) is 16.9. The van der Waals surface area contributed by atoms with Gasteiger partial charge in [0.25, 0.3) is 0 Å². The Hall–Kier alpha value is -0.880. The molecule has 0 aromatic heterocycles. The highest BCUT2D eigenvalue weighted by Crippen LogP contribution is 2.50. The van der Waals surface area contributed by atoms with Crippen LogP contribution >= 0.6 is 0 Å². The lowest BCUT2D eigenvalue weighted by Crippen LogP contribution is -2.40. The monoisotopic (exact) mass is 270 g/mol. The minimum atomic E-state index is 0.0906. The van der Waals surface area contributed by atoms with Crippen molar-refractivity contribution in [1.82, 2.24) is 0 Å². The molecule has 0 heterocycles. The van der Waals surface area contributed by atoms with E-state index in [9.17, 15) is 0 Å². The van der Waals surface area contributed by atoms with Crippen molar-refractivity contribution in [3.05, 3.63) is 0 Å². The largest absolute Gasteiger partial charge is 0.0990 e. The van der Waals surface area contributed by atoms with Crippen molar-refractivity contribution in [3.63, 3.8) is 0 Å². The Morgan fingerprint density at radius 1 is 0.750 bits per heavy atom. The first-order valence-electron chi connectivity index (χ1n) is 8.33. The first-order valence-corrected chi connectivity index (χ1v) is 8.33. The van der Waals surface area contributed by atoms with Crippen LogP contribution in [0.4, 0.5) is 0 Å². The molecule has 0 spiro atoms. The van der Waals surface area contributed by atoms with Gasteiger partial charge in [-0.25, -0.2) is 0 Å². The van der Waals surface area contributed by atoms with E-state index in [1.165, 1.54) is 25.7 Å². The second-order valence-corrected chi connectivity index (χ2v) is 7.98. The molecule has 2 aliphatic carbocycles. The maximum atomic E-state index is 3.63. The zero-order valence-electron chi connectivity index (χ0n) is 14.1. The molecule has 2 aliphatic rings. The van der Waals surface area contributed by atoms with Crippen molar-refractivity contribution in [2.24, 2.45) is 34.5 Å². The number of hydrogen-bond acceptors (Lipinski definition) is 0. The maximum absolute atomic E-state index is 3.63. The lowest BCUT2D eigenvalue weighted by atomic mass is 9.57. The van der Waals surface area contributed by atoms with Gasteiger partial charge in [0.15, 0.2) is 0 Å². The third-order valence-corrected chi connectivity index (χ3v) is 5.80. The van der Waals surface area contributed by atoms with Crippen LogP contribution in [0.25, 0.3) is 0 Å². The second-order valence-electron chi connectivity index (χ2n) is 7.98. The summed E-state index contributed by atoms with van der Waals surface area (Å²) >= 11 is 0. The average molecular weight is 270 g/mol. The average Bonchev–Trinajstić information content (AvgIpc) is 2.39. The van der Waals surface area contributed by atoms with Gasteiger partial charge in [0.05, 0.1) is 0 Å². The van der Waals surface area contributed by atoms with Crippen molar-refractivity contribution < 1.29 is 0 Å². The topological polar surface area (TPSA) is 0 Å². The molecule has 0 heteroatoms. The molecule has 0 aliphatic heterocycles. The molecule has 20 heavy (non-hydrogen) atoms. The Bertz CT molecular complexity index is 430. The summed E-state index contributed by atoms with van der Waals surface area (Å²) in [5.41, 5.74) is 0.181. The zero-order chi connectivity index (χ0) is 15.0. The Labute approximate surface area is 126 Å². The molecule has 0 saturated carbocycles. The van der Waals surface area contributed by atoms with Gasteiger partial charge in [-0.1, -0.05) is 51.4 Å². The minimum Gasteiger partial charge on any atom is -0.0990 e.